The van der Waals surface area contributed by atoms with Gasteiger partial charge in [-0.3, -0.25) is 9.69 Å². The Bertz CT molecular complexity index is 1100. The van der Waals surface area contributed by atoms with Gasteiger partial charge in [-0.15, -0.1) is 0 Å². The summed E-state index contributed by atoms with van der Waals surface area (Å²) in [5, 5.41) is 0.670. The van der Waals surface area contributed by atoms with Gasteiger partial charge in [0.25, 0.3) is 5.56 Å². The zero-order valence-electron chi connectivity index (χ0n) is 16.2. The number of hydrogen-bond acceptors (Lipinski definition) is 5. The number of hydrogen-bond donors (Lipinski definition) is 0. The zero-order valence-corrected chi connectivity index (χ0v) is 17.0. The summed E-state index contributed by atoms with van der Waals surface area (Å²) < 4.78 is 40.6. The Hall–Kier alpha value is -2.39. The van der Waals surface area contributed by atoms with Crippen LogP contribution in [0.1, 0.15) is 16.8 Å². The summed E-state index contributed by atoms with van der Waals surface area (Å²) in [4.78, 5) is 22.1. The lowest BCUT2D eigenvalue weighted by atomic mass is 10.1. The highest BCUT2D eigenvalue weighted by Gasteiger charge is 2.31. The van der Waals surface area contributed by atoms with Crippen LogP contribution in [-0.2, 0) is 12.8 Å². The van der Waals surface area contributed by atoms with Crippen molar-refractivity contribution in [3.63, 3.8) is 0 Å². The van der Waals surface area contributed by atoms with Crippen LogP contribution in [0.2, 0.25) is 0 Å². The van der Waals surface area contributed by atoms with Gasteiger partial charge >= 0.3 is 6.18 Å². The summed E-state index contributed by atoms with van der Waals surface area (Å²) in [6.07, 6.45) is -4.34. The maximum Gasteiger partial charge on any atom is 0.416 e. The Morgan fingerprint density at radius 1 is 1.10 bits per heavy atom. The van der Waals surface area contributed by atoms with E-state index in [9.17, 15) is 18.0 Å². The number of aromatic nitrogens is 2. The molecule has 4 rings (SSSR count). The molecule has 0 unspecified atom stereocenters. The summed E-state index contributed by atoms with van der Waals surface area (Å²) in [5.41, 5.74) is 1.73. The van der Waals surface area contributed by atoms with Gasteiger partial charge in [0, 0.05) is 37.6 Å². The molecule has 0 amide bonds. The topological polar surface area (TPSA) is 41.4 Å². The molecule has 0 radical (unpaired) electrons. The average Bonchev–Trinajstić information content (AvgIpc) is 2.97. The molecular weight excluding hydrogens is 401 g/mol. The number of rotatable bonds is 3. The number of piperazine rings is 1. The van der Waals surface area contributed by atoms with Crippen molar-refractivity contribution in [1.82, 2.24) is 13.8 Å². The molecule has 1 saturated heterocycles. The molecule has 0 atom stereocenters. The molecule has 3 heterocycles. The van der Waals surface area contributed by atoms with E-state index < -0.39 is 11.7 Å². The molecule has 1 aliphatic heterocycles. The SMILES string of the molecule is Cc1cc(C)c2c(=O)n(CN3CCN(c4cccc(C(F)(F)F)c4)CC3)sc2n1. The van der Waals surface area contributed by atoms with Crippen LogP contribution in [0.3, 0.4) is 0 Å². The van der Waals surface area contributed by atoms with Gasteiger partial charge in [0.1, 0.15) is 4.83 Å². The van der Waals surface area contributed by atoms with Crippen molar-refractivity contribution in [2.24, 2.45) is 0 Å². The number of fused-ring (bicyclic) bond motifs is 1. The first-order valence-electron chi connectivity index (χ1n) is 9.35. The molecule has 0 aliphatic carbocycles. The number of alkyl halides is 3. The summed E-state index contributed by atoms with van der Waals surface area (Å²) in [5.74, 6) is 0. The molecule has 3 aromatic rings. The van der Waals surface area contributed by atoms with E-state index in [4.69, 9.17) is 0 Å². The predicted octanol–water partition coefficient (Wildman–Crippen LogP) is 3.87. The average molecular weight is 422 g/mol. The largest absolute Gasteiger partial charge is 0.416 e. The van der Waals surface area contributed by atoms with E-state index in [1.165, 1.54) is 23.7 Å². The monoisotopic (exact) mass is 422 g/mol. The van der Waals surface area contributed by atoms with Crippen LogP contribution < -0.4 is 10.5 Å². The van der Waals surface area contributed by atoms with Crippen molar-refractivity contribution in [1.29, 1.82) is 0 Å². The lowest BCUT2D eigenvalue weighted by molar-refractivity contribution is -0.137. The van der Waals surface area contributed by atoms with E-state index in [1.807, 2.05) is 24.8 Å². The van der Waals surface area contributed by atoms with Crippen LogP contribution >= 0.6 is 11.5 Å². The number of benzene rings is 1. The van der Waals surface area contributed by atoms with Crippen molar-refractivity contribution in [2.45, 2.75) is 26.7 Å². The first kappa shape index (κ1) is 19.9. The van der Waals surface area contributed by atoms with Gasteiger partial charge in [0.2, 0.25) is 0 Å². The van der Waals surface area contributed by atoms with Gasteiger partial charge in [-0.05, 0) is 55.2 Å². The van der Waals surface area contributed by atoms with Crippen LogP contribution in [0, 0.1) is 13.8 Å². The molecule has 0 saturated carbocycles. The van der Waals surface area contributed by atoms with Crippen LogP contribution in [-0.4, -0.2) is 40.0 Å². The maximum absolute atomic E-state index is 13.0. The highest BCUT2D eigenvalue weighted by atomic mass is 32.1. The second kappa shape index (κ2) is 7.46. The first-order chi connectivity index (χ1) is 13.7. The van der Waals surface area contributed by atoms with Crippen molar-refractivity contribution in [3.05, 3.63) is 57.5 Å². The Balaban J connectivity index is 1.46. The quantitative estimate of drug-likeness (QED) is 0.643. The minimum absolute atomic E-state index is 0.0321. The van der Waals surface area contributed by atoms with E-state index in [1.54, 1.807) is 10.0 Å². The molecular formula is C20H21F3N4OS. The molecule has 1 fully saturated rings. The molecule has 1 aromatic carbocycles. The van der Waals surface area contributed by atoms with Crippen LogP contribution in [0.5, 0.6) is 0 Å². The van der Waals surface area contributed by atoms with Gasteiger partial charge in [-0.25, -0.2) is 8.94 Å². The summed E-state index contributed by atoms with van der Waals surface area (Å²) in [6, 6.07) is 7.35. The second-order valence-corrected chi connectivity index (χ2v) is 8.34. The molecule has 0 spiro atoms. The third-order valence-corrected chi connectivity index (χ3v) is 6.16. The Morgan fingerprint density at radius 2 is 1.83 bits per heavy atom. The lowest BCUT2D eigenvalue weighted by Gasteiger charge is -2.36. The van der Waals surface area contributed by atoms with Gasteiger partial charge in [-0.1, -0.05) is 6.07 Å². The molecule has 29 heavy (non-hydrogen) atoms. The molecule has 0 N–H and O–H groups in total. The predicted molar refractivity (Wildman–Crippen MR) is 109 cm³/mol. The number of nitrogens with zero attached hydrogens (tertiary/aromatic N) is 4. The third-order valence-electron chi connectivity index (χ3n) is 5.19. The van der Waals surface area contributed by atoms with E-state index in [0.717, 1.165) is 22.2 Å². The highest BCUT2D eigenvalue weighted by Crippen LogP contribution is 2.32. The summed E-state index contributed by atoms with van der Waals surface area (Å²) >= 11 is 1.36. The molecule has 0 bridgehead atoms. The zero-order chi connectivity index (χ0) is 20.8. The number of halogens is 3. The molecule has 154 valence electrons. The maximum atomic E-state index is 13.0. The molecule has 9 heteroatoms. The number of pyridine rings is 1. The minimum atomic E-state index is -4.34. The molecule has 1 aliphatic rings. The Kier molecular flexibility index (Phi) is 5.12. The molecule has 5 nitrogen and oxygen atoms in total. The number of aryl methyl sites for hydroxylation is 2. The van der Waals surface area contributed by atoms with E-state index in [0.29, 0.717) is 43.9 Å². The van der Waals surface area contributed by atoms with E-state index in [-0.39, 0.29) is 5.56 Å². The van der Waals surface area contributed by atoms with Crippen molar-refractivity contribution >= 4 is 27.4 Å². The van der Waals surface area contributed by atoms with E-state index >= 15 is 0 Å². The fourth-order valence-corrected chi connectivity index (χ4v) is 4.83. The van der Waals surface area contributed by atoms with Gasteiger partial charge in [0.15, 0.2) is 0 Å². The fourth-order valence-electron chi connectivity index (χ4n) is 3.70. The smallest absolute Gasteiger partial charge is 0.369 e. The lowest BCUT2D eigenvalue weighted by Crippen LogP contribution is -2.47. The summed E-state index contributed by atoms with van der Waals surface area (Å²) in [7, 11) is 0. The Morgan fingerprint density at radius 3 is 2.52 bits per heavy atom. The van der Waals surface area contributed by atoms with E-state index in [2.05, 4.69) is 9.88 Å². The normalized spacial score (nSPS) is 16.0. The van der Waals surface area contributed by atoms with Crippen molar-refractivity contribution in [3.8, 4) is 0 Å². The molecule has 2 aromatic heterocycles. The van der Waals surface area contributed by atoms with Crippen LogP contribution in [0.15, 0.2) is 35.1 Å². The fraction of sp³-hybridized carbons (Fsp3) is 0.400. The second-order valence-electron chi connectivity index (χ2n) is 7.33. The summed E-state index contributed by atoms with van der Waals surface area (Å²) in [6.45, 7) is 6.85. The highest BCUT2D eigenvalue weighted by molar-refractivity contribution is 7.13. The van der Waals surface area contributed by atoms with Gasteiger partial charge in [0.05, 0.1) is 17.6 Å². The van der Waals surface area contributed by atoms with Gasteiger partial charge in [-0.2, -0.15) is 13.2 Å². The standard InChI is InChI=1S/C20H21F3N4OS/c1-13-10-14(2)24-18-17(13)19(28)27(29-18)12-25-6-8-26(9-7-25)16-5-3-4-15(11-16)20(21,22)23/h3-5,10-11H,6-9,12H2,1-2H3. The van der Waals surface area contributed by atoms with Crippen molar-refractivity contribution < 1.29 is 13.2 Å². The van der Waals surface area contributed by atoms with Crippen molar-refractivity contribution in [2.75, 3.05) is 31.1 Å². The number of anilines is 1. The van der Waals surface area contributed by atoms with Crippen LogP contribution in [0.25, 0.3) is 10.2 Å². The minimum Gasteiger partial charge on any atom is -0.369 e. The van der Waals surface area contributed by atoms with Gasteiger partial charge < -0.3 is 4.90 Å². The van der Waals surface area contributed by atoms with Crippen LogP contribution in [0.4, 0.5) is 18.9 Å². The first-order valence-corrected chi connectivity index (χ1v) is 10.1. The Labute approximate surface area is 170 Å². The third kappa shape index (κ3) is 4.02.